The molecule has 2 amide bonds. The highest BCUT2D eigenvalue weighted by molar-refractivity contribution is 7.09. The highest BCUT2D eigenvalue weighted by atomic mass is 32.1. The molecule has 10 heteroatoms. The lowest BCUT2D eigenvalue weighted by Gasteiger charge is -2.03. The number of urea groups is 1. The summed E-state index contributed by atoms with van der Waals surface area (Å²) in [6, 6.07) is -0.431. The van der Waals surface area contributed by atoms with Gasteiger partial charge in [-0.05, 0) is 0 Å². The van der Waals surface area contributed by atoms with Gasteiger partial charge >= 0.3 is 12.0 Å². The smallest absolute Gasteiger partial charge is 0.355 e. The summed E-state index contributed by atoms with van der Waals surface area (Å²) >= 11 is 1.16. The zero-order valence-corrected chi connectivity index (χ0v) is 11.2. The molecule has 9 nitrogen and oxygen atoms in total. The standard InChI is InChI=1S/C10H11N5O4S/c1-5-13-7(15-19-5)2-11-10(18)12-3-8-14-6(4-20-8)9(16)17/h4H,2-3H2,1H3,(H,16,17)(H2,11,12,18). The Balaban J connectivity index is 1.75. The van der Waals surface area contributed by atoms with Gasteiger partial charge in [-0.3, -0.25) is 0 Å². The molecule has 106 valence electrons. The number of carboxylic acids is 1. The molecule has 2 rings (SSSR count). The monoisotopic (exact) mass is 297 g/mol. The SMILES string of the molecule is Cc1nc(CNC(=O)NCc2nc(C(=O)O)cs2)no1. The first kappa shape index (κ1) is 13.9. The highest BCUT2D eigenvalue weighted by Gasteiger charge is 2.10. The second-order valence-corrected chi connectivity index (χ2v) is 4.64. The average Bonchev–Trinajstić information content (AvgIpc) is 3.03. The molecule has 2 heterocycles. The van der Waals surface area contributed by atoms with Crippen LogP contribution in [-0.2, 0) is 13.1 Å². The Hall–Kier alpha value is -2.49. The molecule has 0 bridgehead atoms. The summed E-state index contributed by atoms with van der Waals surface area (Å²) in [5.41, 5.74) is -0.0329. The Morgan fingerprint density at radius 2 is 2.10 bits per heavy atom. The zero-order valence-electron chi connectivity index (χ0n) is 10.4. The van der Waals surface area contributed by atoms with Crippen LogP contribution in [0.15, 0.2) is 9.90 Å². The number of hydrogen-bond acceptors (Lipinski definition) is 7. The fraction of sp³-hybridized carbons (Fsp3) is 0.300. The van der Waals surface area contributed by atoms with E-state index < -0.39 is 12.0 Å². The third kappa shape index (κ3) is 3.75. The number of aromatic nitrogens is 3. The summed E-state index contributed by atoms with van der Waals surface area (Å²) in [5.74, 6) is -0.296. The van der Waals surface area contributed by atoms with Crippen molar-refractivity contribution in [3.63, 3.8) is 0 Å². The number of hydrogen-bond donors (Lipinski definition) is 3. The van der Waals surface area contributed by atoms with Gasteiger partial charge in [0.2, 0.25) is 5.89 Å². The highest BCUT2D eigenvalue weighted by Crippen LogP contribution is 2.09. The Morgan fingerprint density at radius 3 is 2.70 bits per heavy atom. The lowest BCUT2D eigenvalue weighted by molar-refractivity contribution is 0.0691. The number of nitrogens with zero attached hydrogens (tertiary/aromatic N) is 3. The summed E-state index contributed by atoms with van der Waals surface area (Å²) in [4.78, 5) is 29.9. The van der Waals surface area contributed by atoms with Gasteiger partial charge < -0.3 is 20.3 Å². The predicted molar refractivity (Wildman–Crippen MR) is 67.2 cm³/mol. The van der Waals surface area contributed by atoms with E-state index in [-0.39, 0.29) is 18.8 Å². The van der Waals surface area contributed by atoms with E-state index in [9.17, 15) is 9.59 Å². The third-order valence-corrected chi connectivity index (χ3v) is 3.00. The first-order valence-electron chi connectivity index (χ1n) is 5.53. The number of thiazole rings is 1. The second kappa shape index (κ2) is 6.10. The van der Waals surface area contributed by atoms with Crippen molar-refractivity contribution in [2.75, 3.05) is 0 Å². The van der Waals surface area contributed by atoms with E-state index in [0.29, 0.717) is 16.7 Å². The first-order valence-corrected chi connectivity index (χ1v) is 6.41. The molecule has 3 N–H and O–H groups in total. The van der Waals surface area contributed by atoms with E-state index in [0.717, 1.165) is 11.3 Å². The summed E-state index contributed by atoms with van der Waals surface area (Å²) in [5, 5.41) is 19.3. The van der Waals surface area contributed by atoms with Crippen LogP contribution in [0.2, 0.25) is 0 Å². The number of nitrogens with one attached hydrogen (secondary N) is 2. The molecule has 2 aromatic rings. The average molecular weight is 297 g/mol. The predicted octanol–water partition coefficient (Wildman–Crippen LogP) is 0.532. The van der Waals surface area contributed by atoms with Crippen molar-refractivity contribution in [2.24, 2.45) is 0 Å². The zero-order chi connectivity index (χ0) is 14.5. The normalized spacial score (nSPS) is 10.2. The van der Waals surface area contributed by atoms with Crippen LogP contribution in [0.3, 0.4) is 0 Å². The van der Waals surface area contributed by atoms with E-state index in [2.05, 4.69) is 25.8 Å². The van der Waals surface area contributed by atoms with Crippen LogP contribution < -0.4 is 10.6 Å². The van der Waals surface area contributed by atoms with E-state index in [4.69, 9.17) is 9.63 Å². The maximum atomic E-state index is 11.5. The van der Waals surface area contributed by atoms with E-state index >= 15 is 0 Å². The van der Waals surface area contributed by atoms with Crippen molar-refractivity contribution in [1.82, 2.24) is 25.8 Å². The molecule has 0 fully saturated rings. The molecule has 0 aliphatic carbocycles. The molecule has 0 radical (unpaired) electrons. The number of aryl methyl sites for hydroxylation is 1. The van der Waals surface area contributed by atoms with E-state index in [1.54, 1.807) is 6.92 Å². The Kier molecular flexibility index (Phi) is 4.25. The van der Waals surface area contributed by atoms with Crippen molar-refractivity contribution in [3.8, 4) is 0 Å². The van der Waals surface area contributed by atoms with Gasteiger partial charge in [0.1, 0.15) is 5.01 Å². The van der Waals surface area contributed by atoms with Crippen molar-refractivity contribution in [2.45, 2.75) is 20.0 Å². The van der Waals surface area contributed by atoms with Gasteiger partial charge in [-0.2, -0.15) is 4.98 Å². The van der Waals surface area contributed by atoms with Crippen molar-refractivity contribution < 1.29 is 19.2 Å². The molecule has 0 aromatic carbocycles. The van der Waals surface area contributed by atoms with Crippen LogP contribution in [-0.4, -0.2) is 32.2 Å². The lowest BCUT2D eigenvalue weighted by atomic mass is 10.5. The van der Waals surface area contributed by atoms with Crippen LogP contribution in [0.4, 0.5) is 4.79 Å². The van der Waals surface area contributed by atoms with Gasteiger partial charge in [-0.25, -0.2) is 14.6 Å². The molecule has 0 spiro atoms. The van der Waals surface area contributed by atoms with E-state index in [1.165, 1.54) is 5.38 Å². The molecule has 2 aromatic heterocycles. The summed E-state index contributed by atoms with van der Waals surface area (Å²) < 4.78 is 4.75. The van der Waals surface area contributed by atoms with Gasteiger partial charge in [0.25, 0.3) is 0 Å². The Bertz CT molecular complexity index is 623. The molecule has 0 unspecified atom stereocenters. The minimum atomic E-state index is -1.09. The van der Waals surface area contributed by atoms with Gasteiger partial charge in [0.05, 0.1) is 13.1 Å². The fourth-order valence-corrected chi connectivity index (χ4v) is 1.99. The van der Waals surface area contributed by atoms with Crippen LogP contribution in [0.25, 0.3) is 0 Å². The topological polar surface area (TPSA) is 130 Å². The quantitative estimate of drug-likeness (QED) is 0.733. The van der Waals surface area contributed by atoms with Crippen molar-refractivity contribution in [3.05, 3.63) is 27.8 Å². The van der Waals surface area contributed by atoms with Gasteiger partial charge in [0, 0.05) is 12.3 Å². The van der Waals surface area contributed by atoms with Crippen LogP contribution in [0.1, 0.15) is 27.2 Å². The summed E-state index contributed by atoms with van der Waals surface area (Å²) in [6.45, 7) is 1.94. The second-order valence-electron chi connectivity index (χ2n) is 3.70. The van der Waals surface area contributed by atoms with Gasteiger partial charge in [-0.15, -0.1) is 11.3 Å². The third-order valence-electron chi connectivity index (χ3n) is 2.15. The number of carbonyl (C=O) groups excluding carboxylic acids is 1. The summed E-state index contributed by atoms with van der Waals surface area (Å²) in [6.07, 6.45) is 0. The van der Waals surface area contributed by atoms with Crippen LogP contribution in [0.5, 0.6) is 0 Å². The number of carboxylic acid groups (broad SMARTS) is 1. The molecule has 0 aliphatic rings. The number of amides is 2. The Morgan fingerprint density at radius 1 is 1.35 bits per heavy atom. The minimum absolute atomic E-state index is 0.0329. The number of rotatable bonds is 5. The first-order chi connectivity index (χ1) is 9.54. The molecule has 20 heavy (non-hydrogen) atoms. The van der Waals surface area contributed by atoms with E-state index in [1.807, 2.05) is 0 Å². The minimum Gasteiger partial charge on any atom is -0.476 e. The Labute approximate surface area is 117 Å². The lowest BCUT2D eigenvalue weighted by Crippen LogP contribution is -2.34. The van der Waals surface area contributed by atoms with Gasteiger partial charge in [0.15, 0.2) is 11.5 Å². The van der Waals surface area contributed by atoms with Gasteiger partial charge in [-0.1, -0.05) is 5.16 Å². The largest absolute Gasteiger partial charge is 0.476 e. The van der Waals surface area contributed by atoms with Crippen LogP contribution in [0, 0.1) is 6.92 Å². The number of aromatic carboxylic acids is 1. The number of carbonyl (C=O) groups is 2. The molecular weight excluding hydrogens is 286 g/mol. The van der Waals surface area contributed by atoms with Crippen LogP contribution >= 0.6 is 11.3 Å². The van der Waals surface area contributed by atoms with Crippen molar-refractivity contribution in [1.29, 1.82) is 0 Å². The molecular formula is C10H11N5O4S. The summed E-state index contributed by atoms with van der Waals surface area (Å²) in [7, 11) is 0. The van der Waals surface area contributed by atoms with Crippen molar-refractivity contribution >= 4 is 23.3 Å². The molecule has 0 saturated carbocycles. The molecule has 0 saturated heterocycles. The molecule has 0 atom stereocenters. The fourth-order valence-electron chi connectivity index (χ4n) is 1.28. The maximum Gasteiger partial charge on any atom is 0.355 e. The molecule has 0 aliphatic heterocycles. The maximum absolute atomic E-state index is 11.5.